The maximum absolute atomic E-state index is 12.7. The lowest BCUT2D eigenvalue weighted by molar-refractivity contribution is -0.111. The molecule has 0 bridgehead atoms. The predicted octanol–water partition coefficient (Wildman–Crippen LogP) is 5.12. The summed E-state index contributed by atoms with van der Waals surface area (Å²) >= 11 is 5.96. The van der Waals surface area contributed by atoms with Crippen LogP contribution in [0.3, 0.4) is 0 Å². The van der Waals surface area contributed by atoms with Crippen LogP contribution in [0.5, 0.6) is 11.5 Å². The number of ether oxygens (including phenoxy) is 2. The van der Waals surface area contributed by atoms with Crippen LogP contribution >= 0.6 is 11.6 Å². The van der Waals surface area contributed by atoms with E-state index >= 15 is 0 Å². The Kier molecular flexibility index (Phi) is 7.63. The summed E-state index contributed by atoms with van der Waals surface area (Å²) in [4.78, 5) is 12.3. The minimum absolute atomic E-state index is 0.0562. The number of hydrogen-bond donors (Lipinski definition) is 2. The monoisotopic (exact) mass is 486 g/mol. The van der Waals surface area contributed by atoms with Crippen LogP contribution in [0.2, 0.25) is 5.02 Å². The van der Waals surface area contributed by atoms with Gasteiger partial charge in [-0.05, 0) is 72.7 Å². The van der Waals surface area contributed by atoms with Crippen molar-refractivity contribution in [2.24, 2.45) is 0 Å². The standard InChI is InChI=1S/C24H23ClN2O5S/c1-16-4-7-18(25)15-21(16)27-33(29,30)20-10-8-19(9-11-20)26-24(28)13-6-17-5-12-22(31-2)23(14-17)32-3/h4-15,27H,1-3H3,(H,26,28)/b13-6+. The first-order chi connectivity index (χ1) is 15.7. The molecule has 2 N–H and O–H groups in total. The second-order valence-electron chi connectivity index (χ2n) is 7.03. The molecule has 0 spiro atoms. The number of anilines is 2. The molecule has 0 heterocycles. The lowest BCUT2D eigenvalue weighted by Crippen LogP contribution is -2.14. The van der Waals surface area contributed by atoms with Crippen molar-refractivity contribution >= 4 is 45.0 Å². The molecule has 3 aromatic rings. The fourth-order valence-corrected chi connectivity index (χ4v) is 4.23. The van der Waals surface area contributed by atoms with Crippen LogP contribution in [-0.2, 0) is 14.8 Å². The van der Waals surface area contributed by atoms with E-state index in [9.17, 15) is 13.2 Å². The lowest BCUT2D eigenvalue weighted by atomic mass is 10.2. The second-order valence-corrected chi connectivity index (χ2v) is 9.14. The number of nitrogens with one attached hydrogen (secondary N) is 2. The van der Waals surface area contributed by atoms with Gasteiger partial charge in [0.15, 0.2) is 11.5 Å². The fourth-order valence-electron chi connectivity index (χ4n) is 2.94. The Labute approximate surface area is 198 Å². The molecular weight excluding hydrogens is 464 g/mol. The highest BCUT2D eigenvalue weighted by atomic mass is 35.5. The molecule has 0 atom stereocenters. The van der Waals surface area contributed by atoms with Crippen molar-refractivity contribution in [1.29, 1.82) is 0 Å². The number of aryl methyl sites for hydroxylation is 1. The van der Waals surface area contributed by atoms with Crippen molar-refractivity contribution in [3.05, 3.63) is 82.9 Å². The molecule has 9 heteroatoms. The van der Waals surface area contributed by atoms with Gasteiger partial charge in [-0.2, -0.15) is 0 Å². The molecular formula is C24H23ClN2O5S. The first-order valence-electron chi connectivity index (χ1n) is 9.82. The summed E-state index contributed by atoms with van der Waals surface area (Å²) in [6.45, 7) is 1.78. The highest BCUT2D eigenvalue weighted by Crippen LogP contribution is 2.28. The van der Waals surface area contributed by atoms with E-state index < -0.39 is 10.0 Å². The third-order valence-corrected chi connectivity index (χ3v) is 6.33. The summed E-state index contributed by atoms with van der Waals surface area (Å²) in [5.74, 6) is 0.778. The average molecular weight is 487 g/mol. The van der Waals surface area contributed by atoms with Gasteiger partial charge in [0.2, 0.25) is 5.91 Å². The van der Waals surface area contributed by atoms with Crippen LogP contribution in [-0.4, -0.2) is 28.5 Å². The molecule has 3 aromatic carbocycles. The average Bonchev–Trinajstić information content (AvgIpc) is 2.80. The quantitative estimate of drug-likeness (QED) is 0.431. The van der Waals surface area contributed by atoms with Crippen molar-refractivity contribution in [3.63, 3.8) is 0 Å². The third kappa shape index (κ3) is 6.27. The van der Waals surface area contributed by atoms with E-state index in [4.69, 9.17) is 21.1 Å². The summed E-state index contributed by atoms with van der Waals surface area (Å²) in [6, 6.07) is 16.1. The first kappa shape index (κ1) is 24.2. The second kappa shape index (κ2) is 10.4. The number of carbonyl (C=O) groups is 1. The van der Waals surface area contributed by atoms with Gasteiger partial charge in [0.1, 0.15) is 0 Å². The zero-order chi connectivity index (χ0) is 24.0. The molecule has 0 radical (unpaired) electrons. The van der Waals surface area contributed by atoms with Gasteiger partial charge in [0.05, 0.1) is 24.8 Å². The van der Waals surface area contributed by atoms with E-state index in [-0.39, 0.29) is 10.8 Å². The van der Waals surface area contributed by atoms with E-state index in [0.717, 1.165) is 11.1 Å². The van der Waals surface area contributed by atoms with Crippen molar-refractivity contribution < 1.29 is 22.7 Å². The molecule has 0 saturated carbocycles. The summed E-state index contributed by atoms with van der Waals surface area (Å²) < 4.78 is 38.3. The van der Waals surface area contributed by atoms with Crippen molar-refractivity contribution in [1.82, 2.24) is 0 Å². The van der Waals surface area contributed by atoms with E-state index in [1.165, 1.54) is 37.5 Å². The van der Waals surface area contributed by atoms with Gasteiger partial charge < -0.3 is 14.8 Å². The Morgan fingerprint density at radius 2 is 1.64 bits per heavy atom. The van der Waals surface area contributed by atoms with Crippen molar-refractivity contribution in [2.75, 3.05) is 24.3 Å². The van der Waals surface area contributed by atoms with Crippen LogP contribution in [0.15, 0.2) is 71.6 Å². The molecule has 3 rings (SSSR count). The Balaban J connectivity index is 1.67. The zero-order valence-electron chi connectivity index (χ0n) is 18.3. The van der Waals surface area contributed by atoms with E-state index in [1.54, 1.807) is 56.5 Å². The SMILES string of the molecule is COc1ccc(/C=C/C(=O)Nc2ccc(S(=O)(=O)Nc3cc(Cl)ccc3C)cc2)cc1OC. The Hall–Kier alpha value is -3.49. The van der Waals surface area contributed by atoms with Crippen LogP contribution in [0.25, 0.3) is 6.08 Å². The number of benzene rings is 3. The summed E-state index contributed by atoms with van der Waals surface area (Å²) in [5, 5.41) is 3.12. The fraction of sp³-hybridized carbons (Fsp3) is 0.125. The molecule has 0 aromatic heterocycles. The van der Waals surface area contributed by atoms with Gasteiger partial charge in [-0.25, -0.2) is 8.42 Å². The minimum atomic E-state index is -3.81. The minimum Gasteiger partial charge on any atom is -0.493 e. The summed E-state index contributed by atoms with van der Waals surface area (Å²) in [5.41, 5.74) is 2.36. The lowest BCUT2D eigenvalue weighted by Gasteiger charge is -2.11. The number of amides is 1. The third-order valence-electron chi connectivity index (χ3n) is 4.71. The molecule has 1 amide bonds. The van der Waals surface area contributed by atoms with E-state index in [0.29, 0.717) is 27.9 Å². The molecule has 7 nitrogen and oxygen atoms in total. The van der Waals surface area contributed by atoms with E-state index in [2.05, 4.69) is 10.0 Å². The highest BCUT2D eigenvalue weighted by molar-refractivity contribution is 7.92. The normalized spacial score (nSPS) is 11.3. The Bertz CT molecular complexity index is 1290. The van der Waals surface area contributed by atoms with Crippen LogP contribution in [0.1, 0.15) is 11.1 Å². The summed E-state index contributed by atoms with van der Waals surface area (Å²) in [6.07, 6.45) is 3.00. The van der Waals surface area contributed by atoms with Crippen molar-refractivity contribution in [2.45, 2.75) is 11.8 Å². The van der Waals surface area contributed by atoms with Gasteiger partial charge in [-0.15, -0.1) is 0 Å². The number of carbonyl (C=O) groups excluding carboxylic acids is 1. The number of sulfonamides is 1. The van der Waals surface area contributed by atoms with Crippen LogP contribution in [0.4, 0.5) is 11.4 Å². The van der Waals surface area contributed by atoms with Gasteiger partial charge in [-0.1, -0.05) is 23.7 Å². The maximum Gasteiger partial charge on any atom is 0.261 e. The molecule has 0 unspecified atom stereocenters. The predicted molar refractivity (Wildman–Crippen MR) is 131 cm³/mol. The van der Waals surface area contributed by atoms with Crippen LogP contribution < -0.4 is 19.5 Å². The number of hydrogen-bond acceptors (Lipinski definition) is 5. The van der Waals surface area contributed by atoms with Gasteiger partial charge in [-0.3, -0.25) is 9.52 Å². The van der Waals surface area contributed by atoms with Crippen molar-refractivity contribution in [3.8, 4) is 11.5 Å². The largest absolute Gasteiger partial charge is 0.493 e. The smallest absolute Gasteiger partial charge is 0.261 e. The highest BCUT2D eigenvalue weighted by Gasteiger charge is 2.15. The maximum atomic E-state index is 12.7. The molecule has 0 saturated heterocycles. The molecule has 0 fully saturated rings. The first-order valence-corrected chi connectivity index (χ1v) is 11.7. The number of methoxy groups -OCH3 is 2. The number of rotatable bonds is 8. The molecule has 0 aliphatic rings. The molecule has 0 aliphatic heterocycles. The zero-order valence-corrected chi connectivity index (χ0v) is 19.8. The molecule has 33 heavy (non-hydrogen) atoms. The Morgan fingerprint density at radius 3 is 2.30 bits per heavy atom. The van der Waals surface area contributed by atoms with E-state index in [1.807, 2.05) is 0 Å². The molecule has 0 aliphatic carbocycles. The topological polar surface area (TPSA) is 93.7 Å². The number of halogens is 1. The molecule has 172 valence electrons. The van der Waals surface area contributed by atoms with Gasteiger partial charge in [0, 0.05) is 16.8 Å². The van der Waals surface area contributed by atoms with Gasteiger partial charge >= 0.3 is 0 Å². The Morgan fingerprint density at radius 1 is 0.939 bits per heavy atom. The van der Waals surface area contributed by atoms with Gasteiger partial charge in [0.25, 0.3) is 10.0 Å². The summed E-state index contributed by atoms with van der Waals surface area (Å²) in [7, 11) is -0.731. The van der Waals surface area contributed by atoms with Crippen LogP contribution in [0, 0.1) is 6.92 Å².